The van der Waals surface area contributed by atoms with Crippen LogP contribution < -0.4 is 5.73 Å². The number of halogens is 1. The number of aromatic nitrogens is 1. The van der Waals surface area contributed by atoms with E-state index in [0.29, 0.717) is 17.8 Å². The van der Waals surface area contributed by atoms with E-state index in [9.17, 15) is 4.39 Å². The topological polar surface area (TPSA) is 38.9 Å². The lowest BCUT2D eigenvalue weighted by Crippen LogP contribution is -2.02. The molecule has 0 spiro atoms. The summed E-state index contributed by atoms with van der Waals surface area (Å²) in [4.78, 5) is 3.90. The van der Waals surface area contributed by atoms with Crippen molar-refractivity contribution < 1.29 is 4.39 Å². The second-order valence-electron chi connectivity index (χ2n) is 1.95. The fourth-order valence-corrected chi connectivity index (χ4v) is 0.777. The van der Waals surface area contributed by atoms with Crippen LogP contribution in [0.4, 0.5) is 4.39 Å². The molecule has 1 aromatic rings. The maximum Gasteiger partial charge on any atom is 0.116 e. The molecular weight excluding hydrogens is 131 g/mol. The van der Waals surface area contributed by atoms with Crippen molar-refractivity contribution in [3.05, 3.63) is 29.6 Å². The summed E-state index contributed by atoms with van der Waals surface area (Å²) in [5, 5.41) is 0. The third-order valence-corrected chi connectivity index (χ3v) is 1.32. The Morgan fingerprint density at radius 1 is 1.60 bits per heavy atom. The summed E-state index contributed by atoms with van der Waals surface area (Å²) in [5.41, 5.74) is 6.53. The van der Waals surface area contributed by atoms with Crippen molar-refractivity contribution in [3.63, 3.8) is 0 Å². The molecule has 0 aromatic carbocycles. The standard InChI is InChI=1S/C7H9FN2/c8-4-6-2-1-3-10-7(6)5-9/h1-3H,4-5,9H2. The first kappa shape index (κ1) is 7.15. The summed E-state index contributed by atoms with van der Waals surface area (Å²) < 4.78 is 12.1. The zero-order valence-electron chi connectivity index (χ0n) is 5.55. The van der Waals surface area contributed by atoms with Crippen LogP contribution in [-0.4, -0.2) is 4.98 Å². The molecule has 2 nitrogen and oxygen atoms in total. The van der Waals surface area contributed by atoms with Crippen LogP contribution in [0.1, 0.15) is 11.3 Å². The fraction of sp³-hybridized carbons (Fsp3) is 0.286. The molecule has 0 saturated heterocycles. The van der Waals surface area contributed by atoms with Gasteiger partial charge in [0.1, 0.15) is 6.67 Å². The van der Waals surface area contributed by atoms with Gasteiger partial charge in [-0.2, -0.15) is 0 Å². The van der Waals surface area contributed by atoms with Crippen LogP contribution in [-0.2, 0) is 13.2 Å². The van der Waals surface area contributed by atoms with Crippen molar-refractivity contribution >= 4 is 0 Å². The van der Waals surface area contributed by atoms with Gasteiger partial charge in [0.2, 0.25) is 0 Å². The van der Waals surface area contributed by atoms with E-state index in [1.54, 1.807) is 18.3 Å². The lowest BCUT2D eigenvalue weighted by Gasteiger charge is -1.99. The number of pyridine rings is 1. The first-order valence-corrected chi connectivity index (χ1v) is 3.07. The normalized spacial score (nSPS) is 9.80. The largest absolute Gasteiger partial charge is 0.325 e. The van der Waals surface area contributed by atoms with E-state index in [-0.39, 0.29) is 0 Å². The number of nitrogens with two attached hydrogens (primary N) is 1. The van der Waals surface area contributed by atoms with E-state index >= 15 is 0 Å². The summed E-state index contributed by atoms with van der Waals surface area (Å²) in [6.45, 7) is -0.180. The number of alkyl halides is 1. The predicted octanol–water partition coefficient (Wildman–Crippen LogP) is 1.01. The second-order valence-corrected chi connectivity index (χ2v) is 1.95. The molecule has 0 fully saturated rings. The minimum Gasteiger partial charge on any atom is -0.325 e. The Labute approximate surface area is 58.9 Å². The second kappa shape index (κ2) is 3.27. The molecule has 1 heterocycles. The minimum absolute atomic E-state index is 0.306. The van der Waals surface area contributed by atoms with Crippen LogP contribution in [0.25, 0.3) is 0 Å². The van der Waals surface area contributed by atoms with Crippen LogP contribution >= 0.6 is 0 Å². The highest BCUT2D eigenvalue weighted by Gasteiger charge is 1.98. The molecule has 1 aromatic heterocycles. The molecule has 0 radical (unpaired) electrons. The predicted molar refractivity (Wildman–Crippen MR) is 36.9 cm³/mol. The molecule has 0 saturated carbocycles. The minimum atomic E-state index is -0.486. The molecule has 3 heteroatoms. The summed E-state index contributed by atoms with van der Waals surface area (Å²) >= 11 is 0. The number of rotatable bonds is 2. The van der Waals surface area contributed by atoms with Crippen LogP contribution in [0.15, 0.2) is 18.3 Å². The van der Waals surface area contributed by atoms with Gasteiger partial charge < -0.3 is 5.73 Å². The number of hydrogen-bond donors (Lipinski definition) is 1. The van der Waals surface area contributed by atoms with Gasteiger partial charge in [0, 0.05) is 18.3 Å². The molecule has 0 aliphatic rings. The van der Waals surface area contributed by atoms with Gasteiger partial charge in [0.05, 0.1) is 5.69 Å². The highest BCUT2D eigenvalue weighted by molar-refractivity contribution is 5.18. The molecular formula is C7H9FN2. The van der Waals surface area contributed by atoms with E-state index in [1.165, 1.54) is 0 Å². The van der Waals surface area contributed by atoms with Crippen molar-refractivity contribution in [2.75, 3.05) is 0 Å². The Balaban J connectivity index is 2.96. The molecule has 2 N–H and O–H groups in total. The summed E-state index contributed by atoms with van der Waals surface area (Å²) in [7, 11) is 0. The highest BCUT2D eigenvalue weighted by Crippen LogP contribution is 2.04. The van der Waals surface area contributed by atoms with Crippen molar-refractivity contribution in [1.82, 2.24) is 4.98 Å². The average molecular weight is 140 g/mol. The highest BCUT2D eigenvalue weighted by atomic mass is 19.1. The van der Waals surface area contributed by atoms with Crippen molar-refractivity contribution in [2.24, 2.45) is 5.73 Å². The molecule has 0 atom stereocenters. The molecule has 0 aliphatic carbocycles. The maximum atomic E-state index is 12.1. The lowest BCUT2D eigenvalue weighted by atomic mass is 10.2. The van der Waals surface area contributed by atoms with Gasteiger partial charge in [-0.1, -0.05) is 6.07 Å². The van der Waals surface area contributed by atoms with Crippen LogP contribution in [0.3, 0.4) is 0 Å². The molecule has 0 amide bonds. The Hall–Kier alpha value is -0.960. The van der Waals surface area contributed by atoms with E-state index in [2.05, 4.69) is 4.98 Å². The molecule has 0 bridgehead atoms. The SMILES string of the molecule is NCc1ncccc1CF. The fourth-order valence-electron chi connectivity index (χ4n) is 0.777. The molecule has 10 heavy (non-hydrogen) atoms. The third kappa shape index (κ3) is 1.30. The zero-order chi connectivity index (χ0) is 7.40. The van der Waals surface area contributed by atoms with Crippen LogP contribution in [0.2, 0.25) is 0 Å². The van der Waals surface area contributed by atoms with E-state index in [0.717, 1.165) is 0 Å². The quantitative estimate of drug-likeness (QED) is 0.665. The first-order chi connectivity index (χ1) is 4.88. The van der Waals surface area contributed by atoms with Crippen molar-refractivity contribution in [3.8, 4) is 0 Å². The van der Waals surface area contributed by atoms with Crippen LogP contribution in [0.5, 0.6) is 0 Å². The van der Waals surface area contributed by atoms with E-state index in [4.69, 9.17) is 5.73 Å². The Morgan fingerprint density at radius 3 is 2.90 bits per heavy atom. The molecule has 54 valence electrons. The molecule has 0 unspecified atom stereocenters. The number of nitrogens with zero attached hydrogens (tertiary/aromatic N) is 1. The van der Waals surface area contributed by atoms with Crippen LogP contribution in [0, 0.1) is 0 Å². The summed E-state index contributed by atoms with van der Waals surface area (Å²) in [5.74, 6) is 0. The zero-order valence-corrected chi connectivity index (χ0v) is 5.55. The van der Waals surface area contributed by atoms with Crippen molar-refractivity contribution in [2.45, 2.75) is 13.2 Å². The maximum absolute atomic E-state index is 12.1. The van der Waals surface area contributed by atoms with E-state index < -0.39 is 6.67 Å². The smallest absolute Gasteiger partial charge is 0.116 e. The van der Waals surface area contributed by atoms with Gasteiger partial charge in [-0.15, -0.1) is 0 Å². The van der Waals surface area contributed by atoms with Crippen molar-refractivity contribution in [1.29, 1.82) is 0 Å². The van der Waals surface area contributed by atoms with Gasteiger partial charge in [0.25, 0.3) is 0 Å². The number of hydrogen-bond acceptors (Lipinski definition) is 2. The molecule has 0 aliphatic heterocycles. The molecule has 1 rings (SSSR count). The monoisotopic (exact) mass is 140 g/mol. The first-order valence-electron chi connectivity index (χ1n) is 3.07. The summed E-state index contributed by atoms with van der Waals surface area (Å²) in [6, 6.07) is 3.39. The lowest BCUT2D eigenvalue weighted by molar-refractivity contribution is 0.480. The Bertz CT molecular complexity index is 190. The third-order valence-electron chi connectivity index (χ3n) is 1.32. The Kier molecular flexibility index (Phi) is 2.34. The average Bonchev–Trinajstić information content (AvgIpc) is 2.04. The van der Waals surface area contributed by atoms with Gasteiger partial charge in [-0.25, -0.2) is 4.39 Å². The van der Waals surface area contributed by atoms with Gasteiger partial charge in [-0.05, 0) is 6.07 Å². The van der Waals surface area contributed by atoms with Gasteiger partial charge >= 0.3 is 0 Å². The Morgan fingerprint density at radius 2 is 2.40 bits per heavy atom. The summed E-state index contributed by atoms with van der Waals surface area (Å²) in [6.07, 6.45) is 1.61. The van der Waals surface area contributed by atoms with Gasteiger partial charge in [0.15, 0.2) is 0 Å². The van der Waals surface area contributed by atoms with E-state index in [1.807, 2.05) is 0 Å². The van der Waals surface area contributed by atoms with Gasteiger partial charge in [-0.3, -0.25) is 4.98 Å².